The number of carbonyl (C=O) groups excluding carboxylic acids is 1. The highest BCUT2D eigenvalue weighted by Gasteiger charge is 2.39. The zero-order chi connectivity index (χ0) is 26.4. The number of nitrogens with zero attached hydrogens (tertiary/aromatic N) is 3. The predicted molar refractivity (Wildman–Crippen MR) is 121 cm³/mol. The molecule has 0 aliphatic heterocycles. The van der Waals surface area contributed by atoms with E-state index in [4.69, 9.17) is 4.74 Å². The van der Waals surface area contributed by atoms with Crippen molar-refractivity contribution in [3.63, 3.8) is 0 Å². The first kappa shape index (κ1) is 25.4. The van der Waals surface area contributed by atoms with Gasteiger partial charge < -0.3 is 10.1 Å². The summed E-state index contributed by atoms with van der Waals surface area (Å²) in [6, 6.07) is 5.49. The van der Waals surface area contributed by atoms with E-state index in [1.165, 1.54) is 23.6 Å². The SMILES string of the molecule is CCn1c(C2CC2)nn(-c2cc(O[C@@H](C)C(F)(F)F)c(C(=O)Nc3c(C)cccc3F)cc2F)c1=O. The lowest BCUT2D eigenvalue weighted by molar-refractivity contribution is -0.189. The van der Waals surface area contributed by atoms with Gasteiger partial charge in [-0.25, -0.2) is 13.6 Å². The maximum atomic E-state index is 15.2. The highest BCUT2D eigenvalue weighted by Crippen LogP contribution is 2.39. The second kappa shape index (κ2) is 9.40. The number of hydrogen-bond acceptors (Lipinski definition) is 4. The summed E-state index contributed by atoms with van der Waals surface area (Å²) in [6.07, 6.45) is -5.55. The van der Waals surface area contributed by atoms with Crippen LogP contribution in [0.15, 0.2) is 35.1 Å². The molecule has 12 heteroatoms. The maximum Gasteiger partial charge on any atom is 0.425 e. The Kier molecular flexibility index (Phi) is 6.63. The zero-order valence-electron chi connectivity index (χ0n) is 19.6. The van der Waals surface area contributed by atoms with Crippen molar-refractivity contribution in [3.05, 3.63) is 69.4 Å². The summed E-state index contributed by atoms with van der Waals surface area (Å²) < 4.78 is 76.4. The Hall–Kier alpha value is -3.70. The van der Waals surface area contributed by atoms with E-state index in [1.54, 1.807) is 6.92 Å². The molecule has 2 aromatic carbocycles. The summed E-state index contributed by atoms with van der Waals surface area (Å²) in [5, 5.41) is 6.47. The Morgan fingerprint density at radius 3 is 2.50 bits per heavy atom. The van der Waals surface area contributed by atoms with Crippen LogP contribution in [-0.4, -0.2) is 32.5 Å². The van der Waals surface area contributed by atoms with E-state index >= 15 is 4.39 Å². The van der Waals surface area contributed by atoms with Crippen LogP contribution in [0.5, 0.6) is 5.75 Å². The fraction of sp³-hybridized carbons (Fsp3) is 0.375. The van der Waals surface area contributed by atoms with Crippen molar-refractivity contribution in [3.8, 4) is 11.4 Å². The van der Waals surface area contributed by atoms with Crippen LogP contribution in [0, 0.1) is 18.6 Å². The van der Waals surface area contributed by atoms with E-state index in [0.29, 0.717) is 17.5 Å². The molecule has 192 valence electrons. The minimum Gasteiger partial charge on any atom is -0.480 e. The number of ether oxygens (including phenoxy) is 1. The standard InChI is InChI=1S/C24H23F5N4O3/c1-4-32-21(14-8-9-14)31-33(23(32)35)18-11-19(36-13(3)24(27,28)29)15(10-17(18)26)22(34)30-20-12(2)6-5-7-16(20)25/h5-7,10-11,13-14H,4,8-9H2,1-3H3,(H,30,34)/t13-/m0/s1. The number of anilines is 1. The normalized spacial score (nSPS) is 14.6. The molecule has 1 atom stereocenters. The summed E-state index contributed by atoms with van der Waals surface area (Å²) in [7, 11) is 0. The highest BCUT2D eigenvalue weighted by molar-refractivity contribution is 6.06. The summed E-state index contributed by atoms with van der Waals surface area (Å²) in [5.74, 6) is -3.13. The number of amides is 1. The van der Waals surface area contributed by atoms with Crippen LogP contribution in [0.2, 0.25) is 0 Å². The smallest absolute Gasteiger partial charge is 0.425 e. The number of alkyl halides is 3. The van der Waals surface area contributed by atoms with Gasteiger partial charge in [0, 0.05) is 18.5 Å². The molecule has 1 fully saturated rings. The van der Waals surface area contributed by atoms with Crippen LogP contribution < -0.4 is 15.7 Å². The van der Waals surface area contributed by atoms with Gasteiger partial charge in [-0.15, -0.1) is 5.10 Å². The minimum absolute atomic E-state index is 0.0389. The van der Waals surface area contributed by atoms with Gasteiger partial charge >= 0.3 is 11.9 Å². The fourth-order valence-electron chi connectivity index (χ4n) is 3.72. The number of para-hydroxylation sites is 1. The summed E-state index contributed by atoms with van der Waals surface area (Å²) in [5.41, 5.74) is -1.63. The van der Waals surface area contributed by atoms with Crippen LogP contribution in [0.4, 0.5) is 27.6 Å². The first-order chi connectivity index (χ1) is 16.9. The van der Waals surface area contributed by atoms with Crippen molar-refractivity contribution >= 4 is 11.6 Å². The lowest BCUT2D eigenvalue weighted by Crippen LogP contribution is -2.32. The molecule has 1 aliphatic rings. The van der Waals surface area contributed by atoms with Crippen molar-refractivity contribution < 1.29 is 31.5 Å². The van der Waals surface area contributed by atoms with E-state index in [0.717, 1.165) is 36.6 Å². The van der Waals surface area contributed by atoms with Crippen LogP contribution in [0.1, 0.15) is 54.4 Å². The minimum atomic E-state index is -4.80. The molecule has 1 aliphatic carbocycles. The molecule has 36 heavy (non-hydrogen) atoms. The molecular weight excluding hydrogens is 487 g/mol. The van der Waals surface area contributed by atoms with Gasteiger partial charge in [0.2, 0.25) is 0 Å². The van der Waals surface area contributed by atoms with Crippen LogP contribution in [0.3, 0.4) is 0 Å². The average Bonchev–Trinajstić information content (AvgIpc) is 3.59. The summed E-state index contributed by atoms with van der Waals surface area (Å²) in [4.78, 5) is 25.8. The molecular formula is C24H23F5N4O3. The highest BCUT2D eigenvalue weighted by atomic mass is 19.4. The van der Waals surface area contributed by atoms with Gasteiger partial charge in [0.05, 0.1) is 11.3 Å². The zero-order valence-corrected chi connectivity index (χ0v) is 19.6. The Balaban J connectivity index is 1.82. The number of nitrogens with one attached hydrogen (secondary N) is 1. The molecule has 1 heterocycles. The molecule has 1 amide bonds. The molecule has 1 saturated carbocycles. The molecule has 0 spiro atoms. The van der Waals surface area contributed by atoms with Crippen molar-refractivity contribution in [1.29, 1.82) is 0 Å². The van der Waals surface area contributed by atoms with Gasteiger partial charge in [-0.05, 0) is 51.3 Å². The molecule has 0 bridgehead atoms. The lowest BCUT2D eigenvalue weighted by atomic mass is 10.1. The second-order valence-electron chi connectivity index (χ2n) is 8.56. The fourth-order valence-corrected chi connectivity index (χ4v) is 3.72. The number of benzene rings is 2. The molecule has 0 saturated heterocycles. The van der Waals surface area contributed by atoms with Crippen molar-refractivity contribution in [2.45, 2.75) is 58.4 Å². The maximum absolute atomic E-state index is 15.2. The van der Waals surface area contributed by atoms with Crippen molar-refractivity contribution in [2.75, 3.05) is 5.32 Å². The van der Waals surface area contributed by atoms with Gasteiger partial charge in [-0.3, -0.25) is 9.36 Å². The van der Waals surface area contributed by atoms with Crippen molar-refractivity contribution in [1.82, 2.24) is 14.3 Å². The number of rotatable bonds is 7. The first-order valence-corrected chi connectivity index (χ1v) is 11.3. The third kappa shape index (κ3) is 4.84. The van der Waals surface area contributed by atoms with Crippen LogP contribution in [0.25, 0.3) is 5.69 Å². The van der Waals surface area contributed by atoms with E-state index in [9.17, 15) is 27.2 Å². The van der Waals surface area contributed by atoms with Crippen LogP contribution >= 0.6 is 0 Å². The van der Waals surface area contributed by atoms with Gasteiger partial charge in [0.1, 0.15) is 28.9 Å². The Labute approximate surface area is 202 Å². The number of aromatic nitrogens is 3. The van der Waals surface area contributed by atoms with E-state index in [1.807, 2.05) is 0 Å². The van der Waals surface area contributed by atoms with Gasteiger partial charge in [-0.2, -0.15) is 17.9 Å². The molecule has 3 aromatic rings. The first-order valence-electron chi connectivity index (χ1n) is 11.3. The molecule has 7 nitrogen and oxygen atoms in total. The Morgan fingerprint density at radius 2 is 1.92 bits per heavy atom. The van der Waals surface area contributed by atoms with E-state index in [-0.39, 0.29) is 18.2 Å². The van der Waals surface area contributed by atoms with Gasteiger partial charge in [0.25, 0.3) is 5.91 Å². The molecule has 1 aromatic heterocycles. The average molecular weight is 510 g/mol. The van der Waals surface area contributed by atoms with Crippen LogP contribution in [-0.2, 0) is 6.54 Å². The Morgan fingerprint density at radius 1 is 1.22 bits per heavy atom. The monoisotopic (exact) mass is 510 g/mol. The Bertz CT molecular complexity index is 1360. The quantitative estimate of drug-likeness (QED) is 0.449. The third-order valence-electron chi connectivity index (χ3n) is 5.90. The topological polar surface area (TPSA) is 78.2 Å². The molecule has 0 unspecified atom stereocenters. The van der Waals surface area contributed by atoms with Crippen molar-refractivity contribution in [2.24, 2.45) is 0 Å². The number of hydrogen-bond donors (Lipinski definition) is 1. The van der Waals surface area contributed by atoms with E-state index in [2.05, 4.69) is 10.4 Å². The molecule has 0 radical (unpaired) electrons. The summed E-state index contributed by atoms with van der Waals surface area (Å²) in [6.45, 7) is 4.21. The number of halogens is 5. The van der Waals surface area contributed by atoms with Gasteiger partial charge in [-0.1, -0.05) is 12.1 Å². The lowest BCUT2D eigenvalue weighted by Gasteiger charge is -2.20. The largest absolute Gasteiger partial charge is 0.480 e. The molecule has 1 N–H and O–H groups in total. The molecule has 4 rings (SSSR count). The van der Waals surface area contributed by atoms with Gasteiger partial charge in [0.15, 0.2) is 6.10 Å². The predicted octanol–water partition coefficient (Wildman–Crippen LogP) is 5.10. The summed E-state index contributed by atoms with van der Waals surface area (Å²) >= 11 is 0. The number of carbonyl (C=O) groups is 1. The second-order valence-corrected chi connectivity index (χ2v) is 8.56. The number of aryl methyl sites for hydroxylation is 1. The third-order valence-corrected chi connectivity index (χ3v) is 5.90. The van der Waals surface area contributed by atoms with E-state index < -0.39 is 52.5 Å².